The Bertz CT molecular complexity index is 748. The lowest BCUT2D eigenvalue weighted by molar-refractivity contribution is -0.136. The zero-order chi connectivity index (χ0) is 17.1. The van der Waals surface area contributed by atoms with Gasteiger partial charge in [-0.2, -0.15) is 0 Å². The highest BCUT2D eigenvalue weighted by Crippen LogP contribution is 2.33. The van der Waals surface area contributed by atoms with E-state index in [1.54, 1.807) is 14.0 Å². The van der Waals surface area contributed by atoms with Gasteiger partial charge in [0.05, 0.1) is 18.8 Å². The van der Waals surface area contributed by atoms with Crippen LogP contribution in [0.3, 0.4) is 0 Å². The van der Waals surface area contributed by atoms with E-state index in [2.05, 4.69) is 15.3 Å². The number of carbonyl (C=O) groups excluding carboxylic acids is 1. The minimum atomic E-state index is 0.0658. The number of benzene rings is 1. The molecule has 6 heteroatoms. The average Bonchev–Trinajstić information content (AvgIpc) is 2.51. The van der Waals surface area contributed by atoms with Gasteiger partial charge in [-0.25, -0.2) is 9.97 Å². The summed E-state index contributed by atoms with van der Waals surface area (Å²) in [6.07, 6.45) is 0.946. The molecule has 1 aromatic carbocycles. The number of likely N-dealkylation sites (tertiary alicyclic amines) is 1. The zero-order valence-corrected chi connectivity index (χ0v) is 14.2. The number of rotatable bonds is 5. The predicted molar refractivity (Wildman–Crippen MR) is 91.8 cm³/mol. The number of methoxy groups -OCH3 is 1. The Morgan fingerprint density at radius 1 is 1.38 bits per heavy atom. The van der Waals surface area contributed by atoms with Gasteiger partial charge in [-0.1, -0.05) is 18.2 Å². The Morgan fingerprint density at radius 3 is 2.83 bits per heavy atom. The minimum absolute atomic E-state index is 0.0658. The number of ether oxygens (including phenoxy) is 1. The largest absolute Gasteiger partial charge is 0.496 e. The van der Waals surface area contributed by atoms with Gasteiger partial charge >= 0.3 is 0 Å². The summed E-state index contributed by atoms with van der Waals surface area (Å²) in [5, 5.41) is 3.33. The molecule has 1 amide bonds. The maximum absolute atomic E-state index is 11.6. The summed E-state index contributed by atoms with van der Waals surface area (Å²) in [5.41, 5.74) is 1.96. The number of para-hydroxylation sites is 1. The van der Waals surface area contributed by atoms with Crippen LogP contribution in [0, 0.1) is 6.92 Å². The number of hydrogen-bond donors (Lipinski definition) is 1. The number of aromatic nitrogens is 2. The highest BCUT2D eigenvalue weighted by Gasteiger charge is 2.32. The highest BCUT2D eigenvalue weighted by molar-refractivity contribution is 5.74. The normalized spacial score (nSPS) is 16.5. The quantitative estimate of drug-likeness (QED) is 0.915. The molecule has 1 fully saturated rings. The number of carbonyl (C=O) groups is 1. The molecule has 0 bridgehead atoms. The molecule has 1 N–H and O–H groups in total. The van der Waals surface area contributed by atoms with Crippen LogP contribution in [0.15, 0.2) is 30.3 Å². The fourth-order valence-corrected chi connectivity index (χ4v) is 2.96. The van der Waals surface area contributed by atoms with E-state index in [1.807, 2.05) is 42.2 Å². The van der Waals surface area contributed by atoms with Crippen molar-refractivity contribution in [3.8, 4) is 5.75 Å². The first-order valence-electron chi connectivity index (χ1n) is 8.07. The summed E-state index contributed by atoms with van der Waals surface area (Å²) < 4.78 is 5.37. The van der Waals surface area contributed by atoms with Crippen LogP contribution in [0.2, 0.25) is 0 Å². The molecule has 0 radical (unpaired) electrons. The van der Waals surface area contributed by atoms with Gasteiger partial charge in [-0.3, -0.25) is 4.79 Å². The summed E-state index contributed by atoms with van der Waals surface area (Å²) in [6, 6.07) is 9.88. The smallest absolute Gasteiger partial charge is 0.220 e. The SMILES string of the molecule is COc1ccccc1CNc1cc([C@H]2CCN2C(C)=O)nc(C)n1. The van der Waals surface area contributed by atoms with Crippen LogP contribution in [0.5, 0.6) is 5.75 Å². The highest BCUT2D eigenvalue weighted by atomic mass is 16.5. The second-order valence-electron chi connectivity index (χ2n) is 5.91. The number of hydrogen-bond acceptors (Lipinski definition) is 5. The van der Waals surface area contributed by atoms with E-state index in [0.717, 1.165) is 35.8 Å². The average molecular weight is 326 g/mol. The van der Waals surface area contributed by atoms with Gasteiger partial charge in [-0.05, 0) is 19.4 Å². The van der Waals surface area contributed by atoms with Gasteiger partial charge in [-0.15, -0.1) is 0 Å². The zero-order valence-electron chi connectivity index (χ0n) is 14.2. The molecule has 1 atom stereocenters. The van der Waals surface area contributed by atoms with E-state index >= 15 is 0 Å². The number of anilines is 1. The van der Waals surface area contributed by atoms with Crippen molar-refractivity contribution in [3.63, 3.8) is 0 Å². The van der Waals surface area contributed by atoms with Gasteiger partial charge < -0.3 is 15.0 Å². The molecule has 0 spiro atoms. The van der Waals surface area contributed by atoms with E-state index in [-0.39, 0.29) is 11.9 Å². The molecule has 0 saturated carbocycles. The Kier molecular flexibility index (Phi) is 4.64. The Hall–Kier alpha value is -2.63. The molecule has 3 rings (SSSR count). The number of amides is 1. The first-order valence-corrected chi connectivity index (χ1v) is 8.07. The van der Waals surface area contributed by atoms with Crippen LogP contribution in [0.25, 0.3) is 0 Å². The van der Waals surface area contributed by atoms with Crippen molar-refractivity contribution in [2.45, 2.75) is 32.9 Å². The predicted octanol–water partition coefficient (Wildman–Crippen LogP) is 2.70. The van der Waals surface area contributed by atoms with Crippen LogP contribution < -0.4 is 10.1 Å². The molecule has 1 aliphatic heterocycles. The minimum Gasteiger partial charge on any atom is -0.496 e. The summed E-state index contributed by atoms with van der Waals surface area (Å²) >= 11 is 0. The lowest BCUT2D eigenvalue weighted by atomic mass is 9.99. The lowest BCUT2D eigenvalue weighted by Gasteiger charge is -2.40. The third-order valence-corrected chi connectivity index (χ3v) is 4.28. The first kappa shape index (κ1) is 16.2. The first-order chi connectivity index (χ1) is 11.6. The molecule has 24 heavy (non-hydrogen) atoms. The Labute approximate surface area is 141 Å². The van der Waals surface area contributed by atoms with Gasteiger partial charge in [0.15, 0.2) is 0 Å². The van der Waals surface area contributed by atoms with Crippen molar-refractivity contribution >= 4 is 11.7 Å². The maximum Gasteiger partial charge on any atom is 0.220 e. The topological polar surface area (TPSA) is 67.3 Å². The monoisotopic (exact) mass is 326 g/mol. The molecule has 126 valence electrons. The van der Waals surface area contributed by atoms with Crippen molar-refractivity contribution in [2.24, 2.45) is 0 Å². The lowest BCUT2D eigenvalue weighted by Crippen LogP contribution is -2.44. The van der Waals surface area contributed by atoms with Gasteiger partial charge in [0.2, 0.25) is 5.91 Å². The maximum atomic E-state index is 11.6. The number of nitrogens with zero attached hydrogens (tertiary/aromatic N) is 3. The summed E-state index contributed by atoms with van der Waals surface area (Å²) in [4.78, 5) is 22.4. The van der Waals surface area contributed by atoms with Gasteiger partial charge in [0.25, 0.3) is 0 Å². The molecular weight excluding hydrogens is 304 g/mol. The molecule has 6 nitrogen and oxygen atoms in total. The van der Waals surface area contributed by atoms with E-state index in [0.29, 0.717) is 12.4 Å². The van der Waals surface area contributed by atoms with Crippen molar-refractivity contribution in [3.05, 3.63) is 47.4 Å². The fourth-order valence-electron chi connectivity index (χ4n) is 2.96. The molecule has 1 aromatic heterocycles. The standard InChI is InChI=1S/C18H22N4O2/c1-12-20-15(16-8-9-22(16)13(2)23)10-18(21-12)19-11-14-6-4-5-7-17(14)24-3/h4-7,10,16H,8-9,11H2,1-3H3,(H,19,20,21)/t16-/m1/s1. The van der Waals surface area contributed by atoms with Gasteiger partial charge in [0.1, 0.15) is 17.4 Å². The number of aryl methyl sites for hydroxylation is 1. The molecule has 2 aromatic rings. The van der Waals surface area contributed by atoms with Crippen molar-refractivity contribution in [1.29, 1.82) is 0 Å². The van der Waals surface area contributed by atoms with Crippen LogP contribution in [-0.2, 0) is 11.3 Å². The Balaban J connectivity index is 1.76. The van der Waals surface area contributed by atoms with E-state index in [9.17, 15) is 4.79 Å². The third-order valence-electron chi connectivity index (χ3n) is 4.28. The second-order valence-corrected chi connectivity index (χ2v) is 5.91. The fraction of sp³-hybridized carbons (Fsp3) is 0.389. The number of nitrogens with one attached hydrogen (secondary N) is 1. The van der Waals surface area contributed by atoms with Crippen LogP contribution in [0.1, 0.15) is 36.5 Å². The third kappa shape index (κ3) is 3.32. The molecule has 0 aliphatic carbocycles. The summed E-state index contributed by atoms with van der Waals surface area (Å²) in [7, 11) is 1.67. The molecule has 0 unspecified atom stereocenters. The molecule has 1 aliphatic rings. The van der Waals surface area contributed by atoms with E-state index in [1.165, 1.54) is 0 Å². The van der Waals surface area contributed by atoms with Crippen molar-refractivity contribution in [2.75, 3.05) is 19.0 Å². The van der Waals surface area contributed by atoms with Crippen LogP contribution >= 0.6 is 0 Å². The molecule has 2 heterocycles. The van der Waals surface area contributed by atoms with Crippen LogP contribution in [0.4, 0.5) is 5.82 Å². The van der Waals surface area contributed by atoms with Crippen molar-refractivity contribution < 1.29 is 9.53 Å². The Morgan fingerprint density at radius 2 is 2.17 bits per heavy atom. The molecule has 1 saturated heterocycles. The summed E-state index contributed by atoms with van der Waals surface area (Å²) in [5.74, 6) is 2.40. The summed E-state index contributed by atoms with van der Waals surface area (Å²) in [6.45, 7) is 4.88. The second kappa shape index (κ2) is 6.86. The van der Waals surface area contributed by atoms with E-state index < -0.39 is 0 Å². The van der Waals surface area contributed by atoms with Crippen LogP contribution in [-0.4, -0.2) is 34.4 Å². The van der Waals surface area contributed by atoms with E-state index in [4.69, 9.17) is 4.74 Å². The van der Waals surface area contributed by atoms with Crippen molar-refractivity contribution in [1.82, 2.24) is 14.9 Å². The van der Waals surface area contributed by atoms with Gasteiger partial charge in [0, 0.05) is 31.6 Å². The molecular formula is C18H22N4O2.